The first-order chi connectivity index (χ1) is 7.79. The Morgan fingerprint density at radius 1 is 1.38 bits per heavy atom. The summed E-state index contributed by atoms with van der Waals surface area (Å²) < 4.78 is 5.60. The molecular formula is C12H16N2OS. The van der Waals surface area contributed by atoms with Gasteiger partial charge in [0.2, 0.25) is 0 Å². The van der Waals surface area contributed by atoms with Crippen LogP contribution < -0.4 is 5.73 Å². The molecule has 2 aromatic rings. The van der Waals surface area contributed by atoms with Crippen LogP contribution in [0.3, 0.4) is 0 Å². The van der Waals surface area contributed by atoms with Crippen molar-refractivity contribution in [1.29, 1.82) is 0 Å². The Morgan fingerprint density at radius 3 is 2.94 bits per heavy atom. The molecule has 2 N–H and O–H groups in total. The number of nitrogens with two attached hydrogens (primary N) is 1. The van der Waals surface area contributed by atoms with Crippen molar-refractivity contribution in [2.24, 2.45) is 5.73 Å². The molecular weight excluding hydrogens is 220 g/mol. The van der Waals surface area contributed by atoms with Gasteiger partial charge < -0.3 is 10.2 Å². The quantitative estimate of drug-likeness (QED) is 0.867. The molecule has 4 heteroatoms. The molecule has 0 fully saturated rings. The molecule has 0 aliphatic rings. The monoisotopic (exact) mass is 236 g/mol. The van der Waals surface area contributed by atoms with Crippen LogP contribution in [0.1, 0.15) is 22.2 Å². The highest BCUT2D eigenvalue weighted by Gasteiger charge is 2.08. The highest BCUT2D eigenvalue weighted by Crippen LogP contribution is 2.15. The Balaban J connectivity index is 1.97. The van der Waals surface area contributed by atoms with Crippen LogP contribution in [-0.2, 0) is 19.3 Å². The van der Waals surface area contributed by atoms with Gasteiger partial charge in [0.15, 0.2) is 5.89 Å². The molecule has 0 unspecified atom stereocenters. The molecule has 0 saturated carbocycles. The summed E-state index contributed by atoms with van der Waals surface area (Å²) in [7, 11) is 0. The molecule has 3 nitrogen and oxygen atoms in total. The van der Waals surface area contributed by atoms with Gasteiger partial charge in [-0.1, -0.05) is 6.07 Å². The van der Waals surface area contributed by atoms with Gasteiger partial charge in [0, 0.05) is 17.7 Å². The molecule has 0 aliphatic heterocycles. The predicted molar refractivity (Wildman–Crippen MR) is 65.7 cm³/mol. The molecule has 0 saturated heterocycles. The highest BCUT2D eigenvalue weighted by atomic mass is 32.1. The number of hydrogen-bond acceptors (Lipinski definition) is 4. The van der Waals surface area contributed by atoms with Crippen molar-refractivity contribution in [3.8, 4) is 0 Å². The van der Waals surface area contributed by atoms with Crippen molar-refractivity contribution in [3.63, 3.8) is 0 Å². The van der Waals surface area contributed by atoms with Gasteiger partial charge >= 0.3 is 0 Å². The molecule has 0 amide bonds. The van der Waals surface area contributed by atoms with Gasteiger partial charge in [0.05, 0.1) is 5.69 Å². The Kier molecular flexibility index (Phi) is 3.74. The van der Waals surface area contributed by atoms with Gasteiger partial charge in [-0.3, -0.25) is 0 Å². The van der Waals surface area contributed by atoms with Gasteiger partial charge in [-0.2, -0.15) is 0 Å². The van der Waals surface area contributed by atoms with E-state index in [-0.39, 0.29) is 0 Å². The molecule has 2 heterocycles. The van der Waals surface area contributed by atoms with E-state index in [4.69, 9.17) is 10.2 Å². The Morgan fingerprint density at radius 2 is 2.25 bits per heavy atom. The Labute approximate surface area is 99.3 Å². The van der Waals surface area contributed by atoms with Crippen LogP contribution in [0.4, 0.5) is 0 Å². The fourth-order valence-corrected chi connectivity index (χ4v) is 2.36. The second kappa shape index (κ2) is 5.27. The van der Waals surface area contributed by atoms with Crippen molar-refractivity contribution in [2.45, 2.75) is 26.2 Å². The minimum atomic E-state index is 0.623. The second-order valence-electron chi connectivity index (χ2n) is 3.73. The average Bonchev–Trinajstić information content (AvgIpc) is 2.87. The molecule has 0 aromatic carbocycles. The van der Waals surface area contributed by atoms with E-state index < -0.39 is 0 Å². The molecule has 0 bridgehead atoms. The normalized spacial score (nSPS) is 10.9. The van der Waals surface area contributed by atoms with Gasteiger partial charge in [-0.15, -0.1) is 11.3 Å². The first-order valence-corrected chi connectivity index (χ1v) is 6.35. The first kappa shape index (κ1) is 11.4. The maximum absolute atomic E-state index is 5.60. The van der Waals surface area contributed by atoms with Crippen LogP contribution in [0.15, 0.2) is 21.9 Å². The summed E-state index contributed by atoms with van der Waals surface area (Å²) >= 11 is 1.77. The van der Waals surface area contributed by atoms with E-state index in [1.807, 2.05) is 6.92 Å². The van der Waals surface area contributed by atoms with Crippen molar-refractivity contribution < 1.29 is 4.42 Å². The number of thiophene rings is 1. The van der Waals surface area contributed by atoms with Gasteiger partial charge in [0.25, 0.3) is 0 Å². The van der Waals surface area contributed by atoms with Crippen LogP contribution in [-0.4, -0.2) is 11.5 Å². The minimum Gasteiger partial charge on any atom is -0.446 e. The molecule has 0 radical (unpaired) electrons. The van der Waals surface area contributed by atoms with Gasteiger partial charge in [-0.05, 0) is 31.3 Å². The van der Waals surface area contributed by atoms with Crippen molar-refractivity contribution >= 4 is 11.3 Å². The number of aromatic nitrogens is 1. The summed E-state index contributed by atoms with van der Waals surface area (Å²) in [5.74, 6) is 1.74. The first-order valence-electron chi connectivity index (χ1n) is 5.47. The molecule has 2 rings (SSSR count). The lowest BCUT2D eigenvalue weighted by atomic mass is 10.2. The molecule has 16 heavy (non-hydrogen) atoms. The van der Waals surface area contributed by atoms with E-state index in [2.05, 4.69) is 22.5 Å². The van der Waals surface area contributed by atoms with E-state index in [1.165, 1.54) is 4.88 Å². The van der Waals surface area contributed by atoms with Crippen LogP contribution >= 0.6 is 11.3 Å². The van der Waals surface area contributed by atoms with Crippen LogP contribution in [0.25, 0.3) is 0 Å². The zero-order valence-corrected chi connectivity index (χ0v) is 10.2. The highest BCUT2D eigenvalue weighted by molar-refractivity contribution is 7.09. The summed E-state index contributed by atoms with van der Waals surface area (Å²) in [5, 5.41) is 2.09. The maximum atomic E-state index is 5.60. The van der Waals surface area contributed by atoms with Gasteiger partial charge in [-0.25, -0.2) is 4.98 Å². The topological polar surface area (TPSA) is 52.0 Å². The predicted octanol–water partition coefficient (Wildman–Crippen LogP) is 2.33. The molecule has 86 valence electrons. The fraction of sp³-hybridized carbons (Fsp3) is 0.417. The molecule has 0 spiro atoms. The van der Waals surface area contributed by atoms with Gasteiger partial charge in [0.1, 0.15) is 5.76 Å². The van der Waals surface area contributed by atoms with E-state index in [9.17, 15) is 0 Å². The largest absolute Gasteiger partial charge is 0.446 e. The minimum absolute atomic E-state index is 0.623. The third-order valence-corrected chi connectivity index (χ3v) is 3.42. The Bertz CT molecular complexity index is 434. The van der Waals surface area contributed by atoms with E-state index >= 15 is 0 Å². The SMILES string of the molecule is Cc1oc(CCc2cccs2)nc1CCN. The summed E-state index contributed by atoms with van der Waals surface area (Å²) in [6.07, 6.45) is 2.67. The number of rotatable bonds is 5. The number of aryl methyl sites for hydroxylation is 3. The lowest BCUT2D eigenvalue weighted by molar-refractivity contribution is 0.470. The second-order valence-corrected chi connectivity index (χ2v) is 4.76. The zero-order valence-electron chi connectivity index (χ0n) is 9.40. The lowest BCUT2D eigenvalue weighted by Gasteiger charge is -1.92. The van der Waals surface area contributed by atoms with E-state index in [0.29, 0.717) is 6.54 Å². The number of hydrogen-bond donors (Lipinski definition) is 1. The third kappa shape index (κ3) is 2.71. The lowest BCUT2D eigenvalue weighted by Crippen LogP contribution is -2.04. The number of oxazole rings is 1. The fourth-order valence-electron chi connectivity index (χ4n) is 1.65. The summed E-state index contributed by atoms with van der Waals surface area (Å²) in [6, 6.07) is 4.21. The van der Waals surface area contributed by atoms with Crippen LogP contribution in [0.5, 0.6) is 0 Å². The van der Waals surface area contributed by atoms with Crippen LogP contribution in [0.2, 0.25) is 0 Å². The molecule has 2 aromatic heterocycles. The Hall–Kier alpha value is -1.13. The van der Waals surface area contributed by atoms with Crippen LogP contribution in [0, 0.1) is 6.92 Å². The van der Waals surface area contributed by atoms with E-state index in [0.717, 1.165) is 36.6 Å². The van der Waals surface area contributed by atoms with Crippen molar-refractivity contribution in [1.82, 2.24) is 4.98 Å². The molecule has 0 atom stereocenters. The third-order valence-electron chi connectivity index (χ3n) is 2.48. The standard InChI is InChI=1S/C12H16N2OS/c1-9-11(6-7-13)14-12(15-9)5-4-10-3-2-8-16-10/h2-3,8H,4-7,13H2,1H3. The smallest absolute Gasteiger partial charge is 0.194 e. The number of nitrogens with zero attached hydrogens (tertiary/aromatic N) is 1. The van der Waals surface area contributed by atoms with Crippen molar-refractivity contribution in [2.75, 3.05) is 6.54 Å². The summed E-state index contributed by atoms with van der Waals surface area (Å²) in [4.78, 5) is 5.83. The summed E-state index contributed by atoms with van der Waals surface area (Å²) in [5.41, 5.74) is 6.51. The van der Waals surface area contributed by atoms with Crippen molar-refractivity contribution in [3.05, 3.63) is 39.7 Å². The average molecular weight is 236 g/mol. The zero-order chi connectivity index (χ0) is 11.4. The molecule has 0 aliphatic carbocycles. The van der Waals surface area contributed by atoms with E-state index in [1.54, 1.807) is 11.3 Å². The maximum Gasteiger partial charge on any atom is 0.194 e. The summed E-state index contributed by atoms with van der Waals surface area (Å²) in [6.45, 7) is 2.57.